The minimum Gasteiger partial charge on any atom is -0.491 e. The number of rotatable bonds is 8. The number of esters is 1. The molecule has 4 heteroatoms. The predicted molar refractivity (Wildman–Crippen MR) is 77.7 cm³/mol. The number of carbonyl (C=O) groups excluding carboxylic acids is 1. The van der Waals surface area contributed by atoms with E-state index >= 15 is 0 Å². The zero-order valence-electron chi connectivity index (χ0n) is 12.1. The molecule has 0 aliphatic carbocycles. The van der Waals surface area contributed by atoms with Crippen molar-refractivity contribution in [3.8, 4) is 5.75 Å². The number of carbonyl (C=O) groups is 1. The lowest BCUT2D eigenvalue weighted by Gasteiger charge is -2.13. The highest BCUT2D eigenvalue weighted by Gasteiger charge is 2.10. The summed E-state index contributed by atoms with van der Waals surface area (Å²) in [5.41, 5.74) is 1.57. The van der Waals surface area contributed by atoms with Crippen molar-refractivity contribution in [1.82, 2.24) is 0 Å². The third-order valence-electron chi connectivity index (χ3n) is 2.66. The summed E-state index contributed by atoms with van der Waals surface area (Å²) < 4.78 is 10.3. The lowest BCUT2D eigenvalue weighted by atomic mass is 10.1. The van der Waals surface area contributed by atoms with Gasteiger partial charge in [0.25, 0.3) is 0 Å². The molecule has 0 heterocycles. The number of ether oxygens (including phenoxy) is 2. The molecule has 0 spiro atoms. The Kier molecular flexibility index (Phi) is 6.81. The lowest BCUT2D eigenvalue weighted by Crippen LogP contribution is -2.25. The molecule has 1 atom stereocenters. The van der Waals surface area contributed by atoms with E-state index in [-0.39, 0.29) is 13.2 Å². The highest BCUT2D eigenvalue weighted by molar-refractivity contribution is 5.86. The van der Waals surface area contributed by atoms with Gasteiger partial charge in [-0.1, -0.05) is 32.1 Å². The first-order valence-corrected chi connectivity index (χ1v) is 6.75. The van der Waals surface area contributed by atoms with Gasteiger partial charge >= 0.3 is 5.97 Å². The molecule has 1 aromatic carbocycles. The van der Waals surface area contributed by atoms with E-state index in [1.54, 1.807) is 6.92 Å². The molecule has 1 rings (SSSR count). The highest BCUT2D eigenvalue weighted by Crippen LogP contribution is 2.13. The molecule has 0 bridgehead atoms. The van der Waals surface area contributed by atoms with Crippen LogP contribution in [0.5, 0.6) is 5.75 Å². The first-order chi connectivity index (χ1) is 9.52. The Morgan fingerprint density at radius 1 is 1.30 bits per heavy atom. The van der Waals surface area contributed by atoms with Crippen molar-refractivity contribution in [3.63, 3.8) is 0 Å². The number of aliphatic hydroxyl groups excluding tert-OH is 1. The molecule has 0 fully saturated rings. The second kappa shape index (κ2) is 8.38. The molecule has 0 amide bonds. The van der Waals surface area contributed by atoms with E-state index < -0.39 is 12.1 Å². The second-order valence-electron chi connectivity index (χ2n) is 4.74. The molecule has 0 aliphatic rings. The fraction of sp³-hybridized carbons (Fsp3) is 0.438. The maximum Gasteiger partial charge on any atom is 0.333 e. The van der Waals surface area contributed by atoms with Crippen LogP contribution in [0.4, 0.5) is 0 Å². The Hall–Kier alpha value is -1.81. The molecule has 0 saturated carbocycles. The predicted octanol–water partition coefficient (Wildman–Crippen LogP) is 2.50. The Morgan fingerprint density at radius 2 is 1.95 bits per heavy atom. The number of hydrogen-bond donors (Lipinski definition) is 1. The largest absolute Gasteiger partial charge is 0.491 e. The normalized spacial score (nSPS) is 11.8. The average molecular weight is 278 g/mol. The fourth-order valence-electron chi connectivity index (χ4n) is 1.58. The minimum absolute atomic E-state index is 0.0800. The van der Waals surface area contributed by atoms with Gasteiger partial charge in [0.2, 0.25) is 0 Å². The van der Waals surface area contributed by atoms with Crippen LogP contribution in [0.3, 0.4) is 0 Å². The van der Waals surface area contributed by atoms with Crippen molar-refractivity contribution in [2.24, 2.45) is 0 Å². The zero-order valence-corrected chi connectivity index (χ0v) is 12.1. The van der Waals surface area contributed by atoms with E-state index in [0.717, 1.165) is 12.8 Å². The Bertz CT molecular complexity index is 436. The molecule has 1 N–H and O–H groups in total. The summed E-state index contributed by atoms with van der Waals surface area (Å²) in [4.78, 5) is 11.1. The Balaban J connectivity index is 2.31. The first-order valence-electron chi connectivity index (χ1n) is 6.75. The maximum atomic E-state index is 11.1. The van der Waals surface area contributed by atoms with E-state index in [1.807, 2.05) is 24.3 Å². The van der Waals surface area contributed by atoms with Crippen LogP contribution in [-0.4, -0.2) is 30.4 Å². The molecular weight excluding hydrogens is 256 g/mol. The van der Waals surface area contributed by atoms with Crippen molar-refractivity contribution < 1.29 is 19.4 Å². The summed E-state index contributed by atoms with van der Waals surface area (Å²) in [6.07, 6.45) is 1.29. The zero-order chi connectivity index (χ0) is 15.0. The summed E-state index contributed by atoms with van der Waals surface area (Å²) in [6, 6.07) is 7.76. The maximum absolute atomic E-state index is 11.1. The number of benzene rings is 1. The van der Waals surface area contributed by atoms with E-state index in [0.29, 0.717) is 11.3 Å². The Labute approximate surface area is 120 Å². The van der Waals surface area contributed by atoms with E-state index in [4.69, 9.17) is 9.47 Å². The van der Waals surface area contributed by atoms with Gasteiger partial charge in [0.1, 0.15) is 25.1 Å². The van der Waals surface area contributed by atoms with Crippen LogP contribution in [0.15, 0.2) is 36.4 Å². The van der Waals surface area contributed by atoms with Gasteiger partial charge in [-0.05, 0) is 31.0 Å². The van der Waals surface area contributed by atoms with Crippen LogP contribution in [0.1, 0.15) is 25.8 Å². The third kappa shape index (κ3) is 5.89. The molecule has 0 aliphatic heterocycles. The first kappa shape index (κ1) is 16.2. The molecule has 4 nitrogen and oxygen atoms in total. The fourth-order valence-corrected chi connectivity index (χ4v) is 1.58. The van der Waals surface area contributed by atoms with E-state index in [1.165, 1.54) is 5.56 Å². The van der Waals surface area contributed by atoms with E-state index in [2.05, 4.69) is 13.5 Å². The summed E-state index contributed by atoms with van der Waals surface area (Å²) in [7, 11) is 0. The second-order valence-corrected chi connectivity index (χ2v) is 4.74. The SMILES string of the molecule is C=C(C)C(=O)OC[C@H](O)COc1ccc(CCC)cc1. The van der Waals surface area contributed by atoms with Crippen LogP contribution in [0, 0.1) is 0 Å². The molecule has 0 aromatic heterocycles. The summed E-state index contributed by atoms with van der Waals surface area (Å²) in [5.74, 6) is 0.183. The van der Waals surface area contributed by atoms with Gasteiger partial charge in [0.05, 0.1) is 0 Å². The van der Waals surface area contributed by atoms with E-state index in [9.17, 15) is 9.90 Å². The molecular formula is C16H22O4. The molecule has 0 radical (unpaired) electrons. The molecule has 20 heavy (non-hydrogen) atoms. The molecule has 1 aromatic rings. The molecule has 0 unspecified atom stereocenters. The highest BCUT2D eigenvalue weighted by atomic mass is 16.5. The van der Waals surface area contributed by atoms with Crippen LogP contribution < -0.4 is 4.74 Å². The van der Waals surface area contributed by atoms with Gasteiger partial charge in [-0.2, -0.15) is 0 Å². The van der Waals surface area contributed by atoms with Crippen molar-refractivity contribution in [1.29, 1.82) is 0 Å². The lowest BCUT2D eigenvalue weighted by molar-refractivity contribution is -0.142. The van der Waals surface area contributed by atoms with Crippen molar-refractivity contribution in [2.75, 3.05) is 13.2 Å². The van der Waals surface area contributed by atoms with Crippen LogP contribution in [0.2, 0.25) is 0 Å². The minimum atomic E-state index is -0.853. The quantitative estimate of drug-likeness (QED) is 0.586. The average Bonchev–Trinajstić information content (AvgIpc) is 2.44. The van der Waals surface area contributed by atoms with Crippen LogP contribution in [0.25, 0.3) is 0 Å². The molecule has 110 valence electrons. The number of aliphatic hydroxyl groups is 1. The van der Waals surface area contributed by atoms with Gasteiger partial charge in [0.15, 0.2) is 0 Å². The smallest absolute Gasteiger partial charge is 0.333 e. The topological polar surface area (TPSA) is 55.8 Å². The van der Waals surface area contributed by atoms with Crippen molar-refractivity contribution in [2.45, 2.75) is 32.8 Å². The number of hydrogen-bond acceptors (Lipinski definition) is 4. The standard InChI is InChI=1S/C16H22O4/c1-4-5-13-6-8-15(9-7-13)19-10-14(17)11-20-16(18)12(2)3/h6-9,14,17H,2,4-5,10-11H2,1,3H3/t14-/m1/s1. The number of aryl methyl sites for hydroxylation is 1. The monoisotopic (exact) mass is 278 g/mol. The summed E-state index contributed by atoms with van der Waals surface area (Å²) in [6.45, 7) is 7.14. The van der Waals surface area contributed by atoms with Gasteiger partial charge in [-0.3, -0.25) is 0 Å². The summed E-state index contributed by atoms with van der Waals surface area (Å²) in [5, 5.41) is 9.65. The Morgan fingerprint density at radius 3 is 2.50 bits per heavy atom. The van der Waals surface area contributed by atoms with Crippen LogP contribution >= 0.6 is 0 Å². The summed E-state index contributed by atoms with van der Waals surface area (Å²) >= 11 is 0. The third-order valence-corrected chi connectivity index (χ3v) is 2.66. The van der Waals surface area contributed by atoms with Crippen LogP contribution in [-0.2, 0) is 16.0 Å². The van der Waals surface area contributed by atoms with Gasteiger partial charge in [-0.25, -0.2) is 4.79 Å². The molecule has 0 saturated heterocycles. The van der Waals surface area contributed by atoms with Crippen molar-refractivity contribution in [3.05, 3.63) is 42.0 Å². The van der Waals surface area contributed by atoms with Gasteiger partial charge in [-0.15, -0.1) is 0 Å². The van der Waals surface area contributed by atoms with Crippen molar-refractivity contribution >= 4 is 5.97 Å². The van der Waals surface area contributed by atoms with Gasteiger partial charge < -0.3 is 14.6 Å². The van der Waals surface area contributed by atoms with Gasteiger partial charge in [0, 0.05) is 5.57 Å².